The number of nitrogens with one attached hydrogen (secondary N) is 2. The first-order chi connectivity index (χ1) is 11.0. The van der Waals surface area contributed by atoms with E-state index in [-0.39, 0.29) is 10.9 Å². The average molecular weight is 371 g/mol. The molecule has 1 aromatic heterocycles. The van der Waals surface area contributed by atoms with E-state index < -0.39 is 21.5 Å². The third-order valence-electron chi connectivity index (χ3n) is 2.96. The number of furan rings is 1. The van der Waals surface area contributed by atoms with Gasteiger partial charge in [-0.25, -0.2) is 13.1 Å². The molecule has 0 saturated heterocycles. The Balaban J connectivity index is 2.21. The van der Waals surface area contributed by atoms with Crippen LogP contribution in [0.15, 0.2) is 39.8 Å². The molecule has 0 bridgehead atoms. The molecule has 0 saturated carbocycles. The molecular weight excluding hydrogens is 352 g/mol. The van der Waals surface area contributed by atoms with Crippen molar-refractivity contribution in [3.63, 3.8) is 0 Å². The van der Waals surface area contributed by atoms with E-state index in [1.807, 2.05) is 6.92 Å². The molecule has 2 N–H and O–H groups in total. The molecule has 0 unspecified atom stereocenters. The van der Waals surface area contributed by atoms with Crippen LogP contribution in [0.5, 0.6) is 0 Å². The van der Waals surface area contributed by atoms with Gasteiger partial charge in [0, 0.05) is 16.2 Å². The van der Waals surface area contributed by atoms with Crippen LogP contribution in [-0.4, -0.2) is 19.9 Å². The zero-order valence-corrected chi connectivity index (χ0v) is 15.4. The number of hydrogen-bond donors (Lipinski definition) is 2. The van der Waals surface area contributed by atoms with Crippen LogP contribution in [0.25, 0.3) is 0 Å². The molecule has 0 aliphatic heterocycles. The van der Waals surface area contributed by atoms with Gasteiger partial charge in [-0.1, -0.05) is 17.7 Å². The van der Waals surface area contributed by atoms with E-state index in [2.05, 4.69) is 10.0 Å². The lowest BCUT2D eigenvalue weighted by molar-refractivity contribution is 0.0991. The topological polar surface area (TPSA) is 88.4 Å². The summed E-state index contributed by atoms with van der Waals surface area (Å²) in [5, 5.41) is 2.81. The van der Waals surface area contributed by atoms with Gasteiger partial charge in [0.2, 0.25) is 5.09 Å². The van der Waals surface area contributed by atoms with Gasteiger partial charge in [-0.3, -0.25) is 4.79 Å². The highest BCUT2D eigenvalue weighted by molar-refractivity contribution is 7.89. The molecule has 1 amide bonds. The lowest BCUT2D eigenvalue weighted by Gasteiger charge is -2.18. The van der Waals surface area contributed by atoms with Gasteiger partial charge in [0.25, 0.3) is 15.9 Å². The molecule has 130 valence electrons. The van der Waals surface area contributed by atoms with Crippen molar-refractivity contribution in [3.8, 4) is 0 Å². The first kappa shape index (κ1) is 18.5. The van der Waals surface area contributed by atoms with Crippen molar-refractivity contribution in [3.05, 3.63) is 46.7 Å². The summed E-state index contributed by atoms with van der Waals surface area (Å²) in [5.41, 5.74) is 0.689. The Labute approximate surface area is 146 Å². The van der Waals surface area contributed by atoms with Crippen molar-refractivity contribution < 1.29 is 17.6 Å². The van der Waals surface area contributed by atoms with E-state index in [0.717, 1.165) is 5.56 Å². The van der Waals surface area contributed by atoms with Crippen molar-refractivity contribution in [2.75, 3.05) is 5.32 Å². The number of rotatable bonds is 4. The molecule has 6 nitrogen and oxygen atoms in total. The maximum Gasteiger partial charge on any atom is 0.291 e. The second-order valence-electron chi connectivity index (χ2n) is 6.39. The van der Waals surface area contributed by atoms with Crippen molar-refractivity contribution in [2.45, 2.75) is 38.3 Å². The predicted octanol–water partition coefficient (Wildman–Crippen LogP) is 3.57. The van der Waals surface area contributed by atoms with E-state index in [9.17, 15) is 13.2 Å². The van der Waals surface area contributed by atoms with Crippen LogP contribution in [0.3, 0.4) is 0 Å². The fourth-order valence-corrected chi connectivity index (χ4v) is 3.48. The first-order valence-corrected chi connectivity index (χ1v) is 9.05. The monoisotopic (exact) mass is 370 g/mol. The molecule has 0 aliphatic rings. The fourth-order valence-electron chi connectivity index (χ4n) is 1.95. The largest absolute Gasteiger partial charge is 0.438 e. The Bertz CT molecular complexity index is 866. The minimum Gasteiger partial charge on any atom is -0.438 e. The summed E-state index contributed by atoms with van der Waals surface area (Å²) in [7, 11) is -3.84. The fraction of sp³-hybridized carbons (Fsp3) is 0.312. The van der Waals surface area contributed by atoms with Crippen LogP contribution in [0.1, 0.15) is 36.9 Å². The number of amides is 1. The minimum absolute atomic E-state index is 0.108. The highest BCUT2D eigenvalue weighted by Crippen LogP contribution is 2.22. The molecule has 24 heavy (non-hydrogen) atoms. The molecule has 0 radical (unpaired) electrons. The van der Waals surface area contributed by atoms with Crippen molar-refractivity contribution in [1.29, 1.82) is 0 Å². The van der Waals surface area contributed by atoms with Crippen LogP contribution >= 0.6 is 11.6 Å². The number of anilines is 1. The third kappa shape index (κ3) is 4.59. The molecule has 1 aromatic carbocycles. The highest BCUT2D eigenvalue weighted by atomic mass is 35.5. The smallest absolute Gasteiger partial charge is 0.291 e. The summed E-state index contributed by atoms with van der Waals surface area (Å²) >= 11 is 5.91. The lowest BCUT2D eigenvalue weighted by atomic mass is 10.1. The molecule has 0 atom stereocenters. The molecule has 8 heteroatoms. The summed E-state index contributed by atoms with van der Waals surface area (Å²) in [6, 6.07) is 7.64. The third-order valence-corrected chi connectivity index (χ3v) is 4.82. The first-order valence-electron chi connectivity index (χ1n) is 7.19. The average Bonchev–Trinajstić information content (AvgIpc) is 2.91. The number of sulfonamides is 1. The van der Waals surface area contributed by atoms with Gasteiger partial charge < -0.3 is 9.73 Å². The summed E-state index contributed by atoms with van der Waals surface area (Å²) in [4.78, 5) is 12.2. The molecule has 1 heterocycles. The highest BCUT2D eigenvalue weighted by Gasteiger charge is 2.26. The van der Waals surface area contributed by atoms with Gasteiger partial charge in [0.1, 0.15) is 0 Å². The van der Waals surface area contributed by atoms with Crippen molar-refractivity contribution in [1.82, 2.24) is 4.72 Å². The molecule has 2 rings (SSSR count). The summed E-state index contributed by atoms with van der Waals surface area (Å²) in [6.07, 6.45) is 0. The maximum atomic E-state index is 12.2. The van der Waals surface area contributed by atoms with Crippen LogP contribution in [0, 0.1) is 6.92 Å². The second-order valence-corrected chi connectivity index (χ2v) is 8.44. The van der Waals surface area contributed by atoms with Crippen molar-refractivity contribution >= 4 is 33.2 Å². The van der Waals surface area contributed by atoms with Gasteiger partial charge in [-0.05, 0) is 57.5 Å². The van der Waals surface area contributed by atoms with Crippen LogP contribution in [0.2, 0.25) is 5.02 Å². The van der Waals surface area contributed by atoms with E-state index >= 15 is 0 Å². The zero-order valence-electron chi connectivity index (χ0n) is 13.8. The van der Waals surface area contributed by atoms with Crippen LogP contribution in [0.4, 0.5) is 5.69 Å². The zero-order chi connectivity index (χ0) is 18.1. The van der Waals surface area contributed by atoms with Crippen LogP contribution < -0.4 is 10.0 Å². The maximum absolute atomic E-state index is 12.2. The lowest BCUT2D eigenvalue weighted by Crippen LogP contribution is -2.40. The Kier molecular flexibility index (Phi) is 5.08. The standard InChI is InChI=1S/C16H19ClN2O4S/c1-10-5-6-11(17)9-12(10)18-15(20)13-7-8-14(23-13)24(21,22)19-16(2,3)4/h5-9,19H,1-4H3,(H,18,20). The Morgan fingerprint density at radius 1 is 1.17 bits per heavy atom. The Morgan fingerprint density at radius 3 is 2.46 bits per heavy atom. The Morgan fingerprint density at radius 2 is 1.83 bits per heavy atom. The molecular formula is C16H19ClN2O4S. The van der Waals surface area contributed by atoms with E-state index in [1.165, 1.54) is 12.1 Å². The minimum atomic E-state index is -3.84. The number of hydrogen-bond acceptors (Lipinski definition) is 4. The van der Waals surface area contributed by atoms with Gasteiger partial charge >= 0.3 is 0 Å². The normalized spacial score (nSPS) is 12.2. The van der Waals surface area contributed by atoms with E-state index in [4.69, 9.17) is 16.0 Å². The van der Waals surface area contributed by atoms with E-state index in [0.29, 0.717) is 10.7 Å². The summed E-state index contributed by atoms with van der Waals surface area (Å²) < 4.78 is 32.0. The summed E-state index contributed by atoms with van der Waals surface area (Å²) in [6.45, 7) is 6.95. The molecule has 0 aliphatic carbocycles. The number of carbonyl (C=O) groups excluding carboxylic acids is 1. The van der Waals surface area contributed by atoms with Gasteiger partial charge in [-0.15, -0.1) is 0 Å². The van der Waals surface area contributed by atoms with E-state index in [1.54, 1.807) is 39.0 Å². The predicted molar refractivity (Wildman–Crippen MR) is 92.9 cm³/mol. The van der Waals surface area contributed by atoms with Gasteiger partial charge in [0.05, 0.1) is 0 Å². The van der Waals surface area contributed by atoms with Crippen LogP contribution in [-0.2, 0) is 10.0 Å². The quantitative estimate of drug-likeness (QED) is 0.861. The SMILES string of the molecule is Cc1ccc(Cl)cc1NC(=O)c1ccc(S(=O)(=O)NC(C)(C)C)o1. The Hall–Kier alpha value is -1.83. The van der Waals surface area contributed by atoms with Gasteiger partial charge in [0.15, 0.2) is 5.76 Å². The van der Waals surface area contributed by atoms with Gasteiger partial charge in [-0.2, -0.15) is 0 Å². The number of carbonyl (C=O) groups is 1. The molecule has 0 spiro atoms. The molecule has 0 fully saturated rings. The summed E-state index contributed by atoms with van der Waals surface area (Å²) in [5.74, 6) is -0.666. The van der Waals surface area contributed by atoms with Crippen molar-refractivity contribution in [2.24, 2.45) is 0 Å². The molecule has 2 aromatic rings. The number of benzene rings is 1. The second kappa shape index (κ2) is 6.58. The number of halogens is 1. The number of aryl methyl sites for hydroxylation is 1.